The Kier molecular flexibility index (Phi) is 10.5. The highest BCUT2D eigenvalue weighted by Crippen LogP contribution is 2.46. The van der Waals surface area contributed by atoms with Crippen molar-refractivity contribution in [2.75, 3.05) is 18.4 Å². The van der Waals surface area contributed by atoms with Crippen LogP contribution >= 0.6 is 0 Å². The van der Waals surface area contributed by atoms with Crippen LogP contribution in [-0.2, 0) is 32.9 Å². The van der Waals surface area contributed by atoms with Crippen LogP contribution in [0.2, 0.25) is 0 Å². The highest BCUT2D eigenvalue weighted by Gasteiger charge is 2.38. The van der Waals surface area contributed by atoms with Crippen LogP contribution in [0.25, 0.3) is 10.8 Å². The summed E-state index contributed by atoms with van der Waals surface area (Å²) in [5, 5.41) is 22.4. The zero-order valence-corrected chi connectivity index (χ0v) is 27.7. The van der Waals surface area contributed by atoms with Gasteiger partial charge in [-0.3, -0.25) is 28.7 Å². The van der Waals surface area contributed by atoms with Crippen molar-refractivity contribution in [2.24, 2.45) is 18.7 Å². The lowest BCUT2D eigenvalue weighted by atomic mass is 9.83. The van der Waals surface area contributed by atoms with Crippen LogP contribution in [0.15, 0.2) is 47.5 Å². The third kappa shape index (κ3) is 7.44. The third-order valence-electron chi connectivity index (χ3n) is 8.30. The van der Waals surface area contributed by atoms with Gasteiger partial charge in [0.15, 0.2) is 0 Å². The Morgan fingerprint density at radius 3 is 2.34 bits per heavy atom. The Labute approximate surface area is 284 Å². The van der Waals surface area contributed by atoms with Crippen LogP contribution in [-0.4, -0.2) is 73.3 Å². The summed E-state index contributed by atoms with van der Waals surface area (Å²) < 4.78 is 31.4. The molecule has 4 aromatic rings. The maximum absolute atomic E-state index is 15.0. The fraction of sp³-hybridized carbons (Fsp3) is 0.375. The number of anilines is 1. The Bertz CT molecular complexity index is 2000. The second kappa shape index (κ2) is 14.8. The van der Waals surface area contributed by atoms with Crippen LogP contribution in [0.5, 0.6) is 0 Å². The molecule has 1 aliphatic rings. The molecule has 0 saturated heterocycles. The molecule has 0 bridgehead atoms. The number of hydrogen-bond acceptors (Lipinski definition) is 10. The first-order valence-corrected chi connectivity index (χ1v) is 15.7. The number of nitrogens with two attached hydrogens (primary N) is 1. The van der Waals surface area contributed by atoms with Gasteiger partial charge in [-0.2, -0.15) is 10.2 Å². The maximum Gasteiger partial charge on any atom is 0.276 e. The number of aryl methyl sites for hydroxylation is 1. The minimum atomic E-state index is -1.12. The van der Waals surface area contributed by atoms with Crippen molar-refractivity contribution in [1.82, 2.24) is 45.8 Å². The summed E-state index contributed by atoms with van der Waals surface area (Å²) in [6, 6.07) is 5.31. The second-order valence-corrected chi connectivity index (χ2v) is 12.2. The highest BCUT2D eigenvalue weighted by atomic mass is 19.1. The monoisotopic (exact) mass is 693 g/mol. The molecule has 4 amide bonds. The van der Waals surface area contributed by atoms with Crippen molar-refractivity contribution in [2.45, 2.75) is 51.5 Å². The van der Waals surface area contributed by atoms with E-state index in [4.69, 9.17) is 5.73 Å². The Hall–Kier alpha value is -5.78. The number of hydrogen-bond donors (Lipinski definition) is 6. The molecule has 4 atom stereocenters. The first-order valence-electron chi connectivity index (χ1n) is 15.7. The van der Waals surface area contributed by atoms with E-state index in [9.17, 15) is 32.8 Å². The zero-order valence-electron chi connectivity index (χ0n) is 27.7. The van der Waals surface area contributed by atoms with Crippen molar-refractivity contribution in [3.63, 3.8) is 0 Å². The Balaban J connectivity index is 1.40. The van der Waals surface area contributed by atoms with Gasteiger partial charge in [-0.05, 0) is 42.7 Å². The molecular formula is C32H37F2N11O5. The maximum atomic E-state index is 15.0. The van der Waals surface area contributed by atoms with E-state index >= 15 is 0 Å². The van der Waals surface area contributed by atoms with Gasteiger partial charge < -0.3 is 32.3 Å². The molecule has 18 heteroatoms. The molecule has 1 aliphatic heterocycles. The topological polar surface area (TPSA) is 220 Å². The number of amides is 4. The quantitative estimate of drug-likeness (QED) is 0.116. The SMILES string of the molecule is CC(C)[C@H](NC(=O)CNC(=O)CN)C(=O)N[C@@H](C)C(=O)NCn1nc2c3c(cc(F)cc3c1=O)N[C@H](c1ccc(F)cc1)[C@H]2c1ncnn1C. The van der Waals surface area contributed by atoms with E-state index < -0.39 is 71.5 Å². The number of aromatic nitrogens is 5. The van der Waals surface area contributed by atoms with E-state index in [-0.39, 0.29) is 24.4 Å². The molecule has 3 heterocycles. The van der Waals surface area contributed by atoms with Crippen LogP contribution in [0.1, 0.15) is 49.8 Å². The van der Waals surface area contributed by atoms with E-state index in [1.54, 1.807) is 33.0 Å². The molecule has 0 unspecified atom stereocenters. The molecule has 0 fully saturated rings. The highest BCUT2D eigenvalue weighted by molar-refractivity contribution is 5.97. The largest absolute Gasteiger partial charge is 0.376 e. The lowest BCUT2D eigenvalue weighted by Crippen LogP contribution is -2.56. The number of benzene rings is 2. The predicted molar refractivity (Wildman–Crippen MR) is 176 cm³/mol. The second-order valence-electron chi connectivity index (χ2n) is 12.2. The van der Waals surface area contributed by atoms with Crippen molar-refractivity contribution in [3.05, 3.63) is 81.8 Å². The number of carbonyl (C=O) groups is 4. The molecule has 16 nitrogen and oxygen atoms in total. The smallest absolute Gasteiger partial charge is 0.276 e. The number of rotatable bonds is 12. The van der Waals surface area contributed by atoms with Gasteiger partial charge in [-0.1, -0.05) is 26.0 Å². The normalized spacial score (nSPS) is 16.3. The fourth-order valence-electron chi connectivity index (χ4n) is 5.75. The number of carbonyl (C=O) groups excluding carboxylic acids is 4. The summed E-state index contributed by atoms with van der Waals surface area (Å²) in [5.74, 6) is -4.25. The van der Waals surface area contributed by atoms with Crippen LogP contribution in [0, 0.1) is 17.6 Å². The van der Waals surface area contributed by atoms with E-state index in [0.717, 1.165) is 10.7 Å². The van der Waals surface area contributed by atoms with Crippen molar-refractivity contribution in [3.8, 4) is 0 Å². The van der Waals surface area contributed by atoms with E-state index in [0.29, 0.717) is 28.2 Å². The van der Waals surface area contributed by atoms with Crippen molar-refractivity contribution >= 4 is 40.1 Å². The van der Waals surface area contributed by atoms with Gasteiger partial charge in [0.2, 0.25) is 23.6 Å². The standard InChI is InChI=1S/C32H37F2N11O5/c1-15(2)26(42-23(47)12-36-22(46)11-35)31(49)40-16(3)30(48)38-14-45-32(50)20-9-19(34)10-21-24(20)28(43-45)25(29-37-13-39-44(29)4)27(41-21)17-5-7-18(33)8-6-17/h5-10,13,15-16,25-27,41H,11-12,14,35H2,1-4H3,(H,36,46)(H,38,48)(H,40,49)(H,42,47)/t16-,25+,26-,27+/m0/s1. The average Bonchev–Trinajstić information content (AvgIpc) is 3.51. The van der Waals surface area contributed by atoms with E-state index in [2.05, 4.69) is 41.8 Å². The lowest BCUT2D eigenvalue weighted by molar-refractivity contribution is -0.133. The number of nitrogens with zero attached hydrogens (tertiary/aromatic N) is 5. The molecule has 5 rings (SSSR count). The zero-order chi connectivity index (χ0) is 36.3. The Morgan fingerprint density at radius 2 is 1.70 bits per heavy atom. The van der Waals surface area contributed by atoms with Gasteiger partial charge >= 0.3 is 0 Å². The van der Waals surface area contributed by atoms with Gasteiger partial charge in [-0.25, -0.2) is 18.4 Å². The lowest BCUT2D eigenvalue weighted by Gasteiger charge is -2.34. The molecule has 0 saturated carbocycles. The molecule has 0 spiro atoms. The molecular weight excluding hydrogens is 656 g/mol. The minimum absolute atomic E-state index is 0.00371. The van der Waals surface area contributed by atoms with Gasteiger partial charge in [0.25, 0.3) is 5.56 Å². The summed E-state index contributed by atoms with van der Waals surface area (Å²) >= 11 is 0. The third-order valence-corrected chi connectivity index (χ3v) is 8.30. The number of halogens is 2. The summed E-state index contributed by atoms with van der Waals surface area (Å²) in [6.07, 6.45) is 1.36. The molecule has 2 aromatic carbocycles. The molecule has 50 heavy (non-hydrogen) atoms. The van der Waals surface area contributed by atoms with E-state index in [1.165, 1.54) is 36.1 Å². The Morgan fingerprint density at radius 1 is 0.980 bits per heavy atom. The summed E-state index contributed by atoms with van der Waals surface area (Å²) in [5.41, 5.74) is 5.81. The number of nitrogens with one attached hydrogen (secondary N) is 5. The fourth-order valence-corrected chi connectivity index (χ4v) is 5.75. The molecule has 7 N–H and O–H groups in total. The van der Waals surface area contributed by atoms with Gasteiger partial charge in [-0.15, -0.1) is 0 Å². The van der Waals surface area contributed by atoms with Crippen LogP contribution in [0.4, 0.5) is 14.5 Å². The summed E-state index contributed by atoms with van der Waals surface area (Å²) in [6.45, 7) is 3.66. The van der Waals surface area contributed by atoms with Gasteiger partial charge in [0, 0.05) is 18.1 Å². The first kappa shape index (κ1) is 35.5. The molecule has 0 aliphatic carbocycles. The van der Waals surface area contributed by atoms with Crippen molar-refractivity contribution < 1.29 is 28.0 Å². The van der Waals surface area contributed by atoms with Crippen LogP contribution < -0.4 is 37.9 Å². The average molecular weight is 694 g/mol. The molecule has 0 radical (unpaired) electrons. The van der Waals surface area contributed by atoms with E-state index in [1.807, 2.05) is 0 Å². The van der Waals surface area contributed by atoms with Gasteiger partial charge in [0.05, 0.1) is 36.1 Å². The van der Waals surface area contributed by atoms with Gasteiger partial charge in [0.1, 0.15) is 42.5 Å². The first-order chi connectivity index (χ1) is 23.8. The summed E-state index contributed by atoms with van der Waals surface area (Å²) in [7, 11) is 1.68. The van der Waals surface area contributed by atoms with Crippen LogP contribution in [0.3, 0.4) is 0 Å². The summed E-state index contributed by atoms with van der Waals surface area (Å²) in [4.78, 5) is 67.9. The molecule has 264 valence electrons. The predicted octanol–water partition coefficient (Wildman–Crippen LogP) is -0.104. The minimum Gasteiger partial charge on any atom is -0.376 e. The molecule has 2 aromatic heterocycles. The van der Waals surface area contributed by atoms with Crippen molar-refractivity contribution in [1.29, 1.82) is 0 Å².